The molecule has 0 bridgehead atoms. The average molecular weight is 273 g/mol. The van der Waals surface area contributed by atoms with Gasteiger partial charge in [0.15, 0.2) is 5.82 Å². The topological polar surface area (TPSA) is 50.3 Å². The van der Waals surface area contributed by atoms with E-state index < -0.39 is 0 Å². The number of likely N-dealkylation sites (N-methyl/N-ethyl adjacent to an activating group) is 1. The molecule has 0 fully saturated rings. The van der Waals surface area contributed by atoms with Gasteiger partial charge in [0, 0.05) is 19.1 Å². The van der Waals surface area contributed by atoms with Crippen LogP contribution in [0.1, 0.15) is 20.3 Å². The predicted octanol–water partition coefficient (Wildman–Crippen LogP) is 2.28. The molecule has 0 aliphatic carbocycles. The quantitative estimate of drug-likeness (QED) is 0.825. The van der Waals surface area contributed by atoms with E-state index in [0.717, 1.165) is 19.5 Å². The minimum Gasteiger partial charge on any atom is -0.467 e. The summed E-state index contributed by atoms with van der Waals surface area (Å²) in [7, 11) is 3.64. The fourth-order valence-electron chi connectivity index (χ4n) is 1.46. The Labute approximate surface area is 114 Å². The molecular weight excluding hydrogens is 252 g/mol. The third kappa shape index (κ3) is 4.31. The largest absolute Gasteiger partial charge is 0.467 e. The molecule has 1 rings (SSSR count). The zero-order valence-corrected chi connectivity index (χ0v) is 12.2. The Balaban J connectivity index is 2.48. The fraction of sp³-hybridized carbons (Fsp3) is 0.667. The van der Waals surface area contributed by atoms with Crippen LogP contribution in [0.4, 0.5) is 5.82 Å². The smallest absolute Gasteiger partial charge is 0.318 e. The lowest BCUT2D eigenvalue weighted by Gasteiger charge is -2.23. The van der Waals surface area contributed by atoms with Crippen molar-refractivity contribution in [3.8, 4) is 6.01 Å². The summed E-state index contributed by atoms with van der Waals surface area (Å²) in [6, 6.07) is 0.888. The molecule has 0 amide bonds. The van der Waals surface area contributed by atoms with Gasteiger partial charge in [-0.05, 0) is 20.4 Å². The van der Waals surface area contributed by atoms with E-state index in [-0.39, 0.29) is 0 Å². The number of aromatic nitrogens is 2. The molecule has 1 aromatic rings. The van der Waals surface area contributed by atoms with Gasteiger partial charge in [-0.2, -0.15) is 4.98 Å². The van der Waals surface area contributed by atoms with Gasteiger partial charge < -0.3 is 15.0 Å². The first kappa shape index (κ1) is 15.0. The Kier molecular flexibility index (Phi) is 6.15. The Morgan fingerprint density at radius 3 is 2.89 bits per heavy atom. The van der Waals surface area contributed by atoms with E-state index in [0.29, 0.717) is 22.9 Å². The van der Waals surface area contributed by atoms with E-state index >= 15 is 0 Å². The average Bonchev–Trinajstić information content (AvgIpc) is 2.39. The molecule has 102 valence electrons. The highest BCUT2D eigenvalue weighted by Gasteiger charge is 2.08. The van der Waals surface area contributed by atoms with Gasteiger partial charge in [-0.1, -0.05) is 18.5 Å². The highest BCUT2D eigenvalue weighted by molar-refractivity contribution is 6.32. The molecule has 0 aliphatic rings. The van der Waals surface area contributed by atoms with Crippen LogP contribution in [0, 0.1) is 0 Å². The van der Waals surface area contributed by atoms with Crippen molar-refractivity contribution >= 4 is 17.4 Å². The van der Waals surface area contributed by atoms with Crippen molar-refractivity contribution in [3.63, 3.8) is 0 Å². The van der Waals surface area contributed by atoms with Crippen molar-refractivity contribution in [2.24, 2.45) is 0 Å². The summed E-state index contributed by atoms with van der Waals surface area (Å²) in [6.07, 6.45) is 2.67. The summed E-state index contributed by atoms with van der Waals surface area (Å²) in [5.41, 5.74) is 0. The zero-order chi connectivity index (χ0) is 13.5. The molecule has 0 aromatic carbocycles. The zero-order valence-electron chi connectivity index (χ0n) is 11.4. The number of ether oxygens (including phenoxy) is 1. The summed E-state index contributed by atoms with van der Waals surface area (Å²) in [6.45, 7) is 6.10. The maximum atomic E-state index is 6.00. The normalized spacial score (nSPS) is 12.6. The van der Waals surface area contributed by atoms with Crippen LogP contribution in [0.2, 0.25) is 5.02 Å². The van der Waals surface area contributed by atoms with Gasteiger partial charge in [-0.15, -0.1) is 0 Å². The van der Waals surface area contributed by atoms with Gasteiger partial charge in [0.05, 0.1) is 13.3 Å². The van der Waals surface area contributed by atoms with Crippen LogP contribution in [0.25, 0.3) is 0 Å². The summed E-state index contributed by atoms with van der Waals surface area (Å²) in [5, 5.41) is 3.69. The van der Waals surface area contributed by atoms with Crippen LogP contribution in [-0.4, -0.2) is 48.2 Å². The number of methoxy groups -OCH3 is 1. The number of halogens is 1. The lowest BCUT2D eigenvalue weighted by molar-refractivity contribution is 0.261. The van der Waals surface area contributed by atoms with Gasteiger partial charge in [0.1, 0.15) is 5.02 Å². The molecule has 0 saturated heterocycles. The second kappa shape index (κ2) is 7.38. The van der Waals surface area contributed by atoms with E-state index in [1.165, 1.54) is 13.3 Å². The van der Waals surface area contributed by atoms with Crippen LogP contribution < -0.4 is 10.1 Å². The molecule has 5 nitrogen and oxygen atoms in total. The van der Waals surface area contributed by atoms with Crippen LogP contribution in [0.5, 0.6) is 6.01 Å². The van der Waals surface area contributed by atoms with Gasteiger partial charge in [0.25, 0.3) is 0 Å². The lowest BCUT2D eigenvalue weighted by Crippen LogP contribution is -2.32. The van der Waals surface area contributed by atoms with Crippen LogP contribution >= 0.6 is 11.6 Å². The van der Waals surface area contributed by atoms with Crippen molar-refractivity contribution in [2.45, 2.75) is 26.3 Å². The Bertz CT molecular complexity index is 375. The number of rotatable bonds is 7. The first-order valence-corrected chi connectivity index (χ1v) is 6.46. The van der Waals surface area contributed by atoms with E-state index in [2.05, 4.69) is 41.1 Å². The van der Waals surface area contributed by atoms with Crippen molar-refractivity contribution in [1.82, 2.24) is 14.9 Å². The van der Waals surface area contributed by atoms with Crippen LogP contribution in [0.3, 0.4) is 0 Å². The molecular formula is C12H21ClN4O. The molecule has 0 saturated carbocycles. The van der Waals surface area contributed by atoms with Crippen LogP contribution in [-0.2, 0) is 0 Å². The Hall–Kier alpha value is -1.07. The molecule has 1 aromatic heterocycles. The third-order valence-corrected chi connectivity index (χ3v) is 3.28. The molecule has 1 atom stereocenters. The summed E-state index contributed by atoms with van der Waals surface area (Å²) >= 11 is 6.00. The van der Waals surface area contributed by atoms with E-state index in [9.17, 15) is 0 Å². The Morgan fingerprint density at radius 1 is 1.56 bits per heavy atom. The standard InChI is InChI=1S/C12H21ClN4O/c1-5-9(2)17(3)7-6-14-11-10(13)8-15-12(16-11)18-4/h8-9H,5-7H2,1-4H3,(H,14,15,16). The van der Waals surface area contributed by atoms with E-state index in [1.807, 2.05) is 0 Å². The highest BCUT2D eigenvalue weighted by Crippen LogP contribution is 2.19. The van der Waals surface area contributed by atoms with E-state index in [4.69, 9.17) is 16.3 Å². The second-order valence-corrected chi connectivity index (χ2v) is 4.63. The molecule has 0 radical (unpaired) electrons. The SMILES string of the molecule is CCC(C)N(C)CCNc1nc(OC)ncc1Cl. The third-order valence-electron chi connectivity index (χ3n) is 3.00. The van der Waals surface area contributed by atoms with Crippen molar-refractivity contribution in [3.05, 3.63) is 11.2 Å². The molecule has 1 unspecified atom stereocenters. The molecule has 0 aliphatic heterocycles. The summed E-state index contributed by atoms with van der Waals surface area (Å²) < 4.78 is 4.96. The second-order valence-electron chi connectivity index (χ2n) is 4.22. The van der Waals surface area contributed by atoms with Gasteiger partial charge in [0.2, 0.25) is 0 Å². The van der Waals surface area contributed by atoms with Gasteiger partial charge >= 0.3 is 6.01 Å². The number of nitrogens with zero attached hydrogens (tertiary/aromatic N) is 3. The van der Waals surface area contributed by atoms with Crippen molar-refractivity contribution < 1.29 is 4.74 Å². The molecule has 18 heavy (non-hydrogen) atoms. The molecule has 6 heteroatoms. The van der Waals surface area contributed by atoms with Gasteiger partial charge in [-0.3, -0.25) is 0 Å². The summed E-state index contributed by atoms with van der Waals surface area (Å²) in [5.74, 6) is 0.612. The van der Waals surface area contributed by atoms with Gasteiger partial charge in [-0.25, -0.2) is 4.98 Å². The Morgan fingerprint density at radius 2 is 2.28 bits per heavy atom. The fourth-order valence-corrected chi connectivity index (χ4v) is 1.61. The maximum Gasteiger partial charge on any atom is 0.318 e. The number of anilines is 1. The first-order valence-electron chi connectivity index (χ1n) is 6.09. The van der Waals surface area contributed by atoms with Crippen LogP contribution in [0.15, 0.2) is 6.20 Å². The van der Waals surface area contributed by atoms with E-state index in [1.54, 1.807) is 0 Å². The summed E-state index contributed by atoms with van der Waals surface area (Å²) in [4.78, 5) is 10.4. The molecule has 1 N–H and O–H groups in total. The number of hydrogen-bond acceptors (Lipinski definition) is 5. The minimum atomic E-state index is 0.317. The lowest BCUT2D eigenvalue weighted by atomic mass is 10.2. The predicted molar refractivity (Wildman–Crippen MR) is 74.5 cm³/mol. The molecule has 0 spiro atoms. The first-order chi connectivity index (χ1) is 8.58. The highest BCUT2D eigenvalue weighted by atomic mass is 35.5. The number of hydrogen-bond donors (Lipinski definition) is 1. The minimum absolute atomic E-state index is 0.317. The number of nitrogens with one attached hydrogen (secondary N) is 1. The molecule has 1 heterocycles. The van der Waals surface area contributed by atoms with Crippen molar-refractivity contribution in [2.75, 3.05) is 32.6 Å². The maximum absolute atomic E-state index is 6.00. The van der Waals surface area contributed by atoms with Crippen molar-refractivity contribution in [1.29, 1.82) is 0 Å². The monoisotopic (exact) mass is 272 g/mol.